The molecule has 0 saturated carbocycles. The molecule has 5 aromatic rings. The van der Waals surface area contributed by atoms with Gasteiger partial charge in [-0.1, -0.05) is 43.8 Å². The number of hydrogen-bond donors (Lipinski definition) is 0. The maximum Gasteiger partial charge on any atom is 0.573 e. The molecule has 13 heteroatoms. The van der Waals surface area contributed by atoms with Gasteiger partial charge in [0.2, 0.25) is 5.91 Å². The van der Waals surface area contributed by atoms with Crippen LogP contribution >= 0.6 is 11.8 Å². The van der Waals surface area contributed by atoms with E-state index < -0.39 is 6.36 Å². The number of aromatic nitrogens is 4. The molecule has 42 heavy (non-hydrogen) atoms. The third kappa shape index (κ3) is 5.42. The van der Waals surface area contributed by atoms with Gasteiger partial charge in [0.1, 0.15) is 28.8 Å². The van der Waals surface area contributed by atoms with E-state index in [2.05, 4.69) is 43.7 Å². The number of halogens is 3. The monoisotopic (exact) mass is 589 g/mol. The Bertz CT molecular complexity index is 1870. The van der Waals surface area contributed by atoms with Crippen molar-refractivity contribution >= 4 is 56.8 Å². The van der Waals surface area contributed by atoms with Crippen LogP contribution in [0.3, 0.4) is 0 Å². The number of carbonyl (C=O) groups is 1. The van der Waals surface area contributed by atoms with Crippen LogP contribution in [-0.2, 0) is 4.79 Å². The zero-order valence-electron chi connectivity index (χ0n) is 22.3. The molecule has 0 N–H and O–H groups in total. The van der Waals surface area contributed by atoms with Crippen LogP contribution < -0.4 is 9.64 Å². The third-order valence-corrected chi connectivity index (χ3v) is 7.41. The zero-order chi connectivity index (χ0) is 29.4. The largest absolute Gasteiger partial charge is 0.573 e. The number of ether oxygens (including phenoxy) is 1. The maximum absolute atomic E-state index is 12.7. The Kier molecular flexibility index (Phi) is 7.11. The molecular weight excluding hydrogens is 567 g/mol. The second-order valence-electron chi connectivity index (χ2n) is 9.61. The Morgan fingerprint density at radius 1 is 1.02 bits per heavy atom. The second-order valence-corrected chi connectivity index (χ2v) is 10.6. The molecule has 0 unspecified atom stereocenters. The molecule has 0 spiro atoms. The average molecular weight is 590 g/mol. The van der Waals surface area contributed by atoms with E-state index >= 15 is 0 Å². The van der Waals surface area contributed by atoms with Crippen molar-refractivity contribution in [1.29, 1.82) is 0 Å². The van der Waals surface area contributed by atoms with Gasteiger partial charge in [0.25, 0.3) is 0 Å². The average Bonchev–Trinajstić information content (AvgIpc) is 3.56. The Morgan fingerprint density at radius 3 is 2.57 bits per heavy atom. The van der Waals surface area contributed by atoms with Crippen LogP contribution in [0.25, 0.3) is 27.8 Å². The summed E-state index contributed by atoms with van der Waals surface area (Å²) in [5.41, 5.74) is 5.35. The lowest BCUT2D eigenvalue weighted by Gasteiger charge is -2.20. The number of amidine groups is 1. The number of imidazole rings is 1. The van der Waals surface area contributed by atoms with Crippen LogP contribution in [0.4, 0.5) is 18.9 Å². The van der Waals surface area contributed by atoms with Gasteiger partial charge in [-0.15, -0.1) is 18.3 Å². The highest BCUT2D eigenvalue weighted by molar-refractivity contribution is 8.15. The Labute approximate surface area is 241 Å². The molecule has 9 nitrogen and oxygen atoms in total. The standard InChI is InChI=1S/C29H22F3N7O2S/c1-17(2)21-5-3-4-6-23(21)39-25(40)15-42-28(39)37-35-14-18-13-33-26-22(36-18)11-12-24-27(26)34-16-38(24)19-7-9-20(10-8-19)41-29(30,31)32/h3-14,16-17H,15H2,1-2H3/b35-14+,37-28-. The summed E-state index contributed by atoms with van der Waals surface area (Å²) in [5.74, 6) is 0.151. The van der Waals surface area contributed by atoms with Gasteiger partial charge in [-0.05, 0) is 53.9 Å². The first-order chi connectivity index (χ1) is 20.2. The summed E-state index contributed by atoms with van der Waals surface area (Å²) in [5, 5.41) is 9.00. The topological polar surface area (TPSA) is 97.9 Å². The van der Waals surface area contributed by atoms with Gasteiger partial charge in [-0.25, -0.2) is 15.0 Å². The van der Waals surface area contributed by atoms with Crippen LogP contribution in [-0.4, -0.2) is 48.9 Å². The van der Waals surface area contributed by atoms with E-state index in [4.69, 9.17) is 0 Å². The molecule has 6 rings (SSSR count). The van der Waals surface area contributed by atoms with Crippen LogP contribution in [0.1, 0.15) is 31.0 Å². The minimum atomic E-state index is -4.76. The number of nitrogens with zero attached hydrogens (tertiary/aromatic N) is 7. The fraction of sp³-hybridized carbons (Fsp3) is 0.172. The first-order valence-corrected chi connectivity index (χ1v) is 13.8. The number of carbonyl (C=O) groups excluding carboxylic acids is 1. The molecule has 0 bridgehead atoms. The van der Waals surface area contributed by atoms with E-state index in [1.807, 2.05) is 30.3 Å². The number of amides is 1. The molecule has 1 fully saturated rings. The molecule has 3 heterocycles. The van der Waals surface area contributed by atoms with Gasteiger partial charge >= 0.3 is 6.36 Å². The minimum absolute atomic E-state index is 0.0541. The van der Waals surface area contributed by atoms with Crippen molar-refractivity contribution < 1.29 is 22.7 Å². The van der Waals surface area contributed by atoms with E-state index in [-0.39, 0.29) is 23.3 Å². The van der Waals surface area contributed by atoms with Gasteiger partial charge in [0.05, 0.1) is 34.9 Å². The summed E-state index contributed by atoms with van der Waals surface area (Å²) in [6, 6.07) is 16.9. The lowest BCUT2D eigenvalue weighted by molar-refractivity contribution is -0.274. The van der Waals surface area contributed by atoms with E-state index in [0.29, 0.717) is 38.6 Å². The van der Waals surface area contributed by atoms with E-state index in [1.54, 1.807) is 28.1 Å². The molecule has 1 aliphatic rings. The van der Waals surface area contributed by atoms with Crippen molar-refractivity contribution in [2.75, 3.05) is 10.7 Å². The zero-order valence-corrected chi connectivity index (χ0v) is 23.1. The predicted molar refractivity (Wildman–Crippen MR) is 156 cm³/mol. The van der Waals surface area contributed by atoms with Gasteiger partial charge in [0.15, 0.2) is 5.17 Å². The van der Waals surface area contributed by atoms with Crippen molar-refractivity contribution in [3.8, 4) is 11.4 Å². The molecule has 2 aromatic heterocycles. The first-order valence-electron chi connectivity index (χ1n) is 12.8. The number of thioether (sulfide) groups is 1. The third-order valence-electron chi connectivity index (χ3n) is 6.49. The number of hydrogen-bond acceptors (Lipinski definition) is 8. The minimum Gasteiger partial charge on any atom is -0.406 e. The molecule has 1 amide bonds. The molecule has 0 radical (unpaired) electrons. The number of rotatable bonds is 6. The SMILES string of the molecule is CC(C)c1ccccc1N1C(=O)CS/C1=N\N=C\c1cnc2c(ccc3c2ncn3-c2ccc(OC(F)(F)F)cc2)n1. The second kappa shape index (κ2) is 10.9. The number of benzene rings is 3. The smallest absolute Gasteiger partial charge is 0.406 e. The van der Waals surface area contributed by atoms with E-state index in [9.17, 15) is 18.0 Å². The van der Waals surface area contributed by atoms with Crippen molar-refractivity contribution in [3.05, 3.63) is 84.4 Å². The van der Waals surface area contributed by atoms with Crippen LogP contribution in [0.5, 0.6) is 5.75 Å². The van der Waals surface area contributed by atoms with E-state index in [0.717, 1.165) is 11.3 Å². The van der Waals surface area contributed by atoms with Gasteiger partial charge < -0.3 is 4.74 Å². The predicted octanol–water partition coefficient (Wildman–Crippen LogP) is 6.46. The number of anilines is 1. The normalized spacial score (nSPS) is 15.2. The maximum atomic E-state index is 12.7. The number of fused-ring (bicyclic) bond motifs is 3. The van der Waals surface area contributed by atoms with Crippen LogP contribution in [0, 0.1) is 0 Å². The highest BCUT2D eigenvalue weighted by Crippen LogP contribution is 2.33. The van der Waals surface area contributed by atoms with Crippen molar-refractivity contribution in [2.24, 2.45) is 10.2 Å². The fourth-order valence-electron chi connectivity index (χ4n) is 4.64. The van der Waals surface area contributed by atoms with E-state index in [1.165, 1.54) is 42.2 Å². The van der Waals surface area contributed by atoms with Gasteiger partial charge in [-0.3, -0.25) is 14.3 Å². The van der Waals surface area contributed by atoms with Crippen molar-refractivity contribution in [2.45, 2.75) is 26.1 Å². The fourth-order valence-corrected chi connectivity index (χ4v) is 5.46. The van der Waals surface area contributed by atoms with Crippen molar-refractivity contribution in [1.82, 2.24) is 19.5 Å². The summed E-state index contributed by atoms with van der Waals surface area (Å²) in [7, 11) is 0. The van der Waals surface area contributed by atoms with Crippen LogP contribution in [0.2, 0.25) is 0 Å². The molecule has 3 aromatic carbocycles. The lowest BCUT2D eigenvalue weighted by atomic mass is 10.0. The molecule has 0 aliphatic carbocycles. The van der Waals surface area contributed by atoms with Crippen molar-refractivity contribution in [3.63, 3.8) is 0 Å². The first kappa shape index (κ1) is 27.4. The molecule has 1 saturated heterocycles. The quantitative estimate of drug-likeness (QED) is 0.167. The number of para-hydroxylation sites is 1. The summed E-state index contributed by atoms with van der Waals surface area (Å²) >= 11 is 1.33. The Balaban J connectivity index is 1.25. The molecule has 212 valence electrons. The highest BCUT2D eigenvalue weighted by atomic mass is 32.2. The molecule has 1 aliphatic heterocycles. The summed E-state index contributed by atoms with van der Waals surface area (Å²) < 4.78 is 43.2. The highest BCUT2D eigenvalue weighted by Gasteiger charge is 2.32. The summed E-state index contributed by atoms with van der Waals surface area (Å²) in [6.07, 6.45) is -0.165. The lowest BCUT2D eigenvalue weighted by Crippen LogP contribution is -2.30. The number of alkyl halides is 3. The summed E-state index contributed by atoms with van der Waals surface area (Å²) in [6.45, 7) is 4.15. The Hall–Kier alpha value is -4.78. The molecule has 0 atom stereocenters. The van der Waals surface area contributed by atoms with Gasteiger partial charge in [-0.2, -0.15) is 5.10 Å². The van der Waals surface area contributed by atoms with Crippen LogP contribution in [0.15, 0.2) is 83.4 Å². The Morgan fingerprint density at radius 2 is 1.81 bits per heavy atom. The molecular formula is C29H22F3N7O2S. The summed E-state index contributed by atoms with van der Waals surface area (Å²) in [4.78, 5) is 27.9. The van der Waals surface area contributed by atoms with Gasteiger partial charge in [0, 0.05) is 5.69 Å².